The van der Waals surface area contributed by atoms with Gasteiger partial charge in [0.1, 0.15) is 10.8 Å². The first-order valence-corrected chi connectivity index (χ1v) is 14.5. The van der Waals surface area contributed by atoms with Crippen LogP contribution in [0.25, 0.3) is 11.1 Å². The maximum atomic E-state index is 13.9. The van der Waals surface area contributed by atoms with Crippen molar-refractivity contribution >= 4 is 23.3 Å². The second kappa shape index (κ2) is 13.8. The van der Waals surface area contributed by atoms with Crippen molar-refractivity contribution in [3.8, 4) is 17.0 Å². The van der Waals surface area contributed by atoms with E-state index in [1.54, 1.807) is 45.3 Å². The molecule has 1 fully saturated rings. The zero-order chi connectivity index (χ0) is 30.4. The molecule has 1 saturated heterocycles. The van der Waals surface area contributed by atoms with Gasteiger partial charge in [-0.3, -0.25) is 9.78 Å². The lowest BCUT2D eigenvalue weighted by Crippen LogP contribution is -2.38. The van der Waals surface area contributed by atoms with Crippen LogP contribution in [-0.2, 0) is 11.2 Å². The molecule has 0 aromatic carbocycles. The summed E-state index contributed by atoms with van der Waals surface area (Å²) in [4.78, 5) is 22.9. The Labute approximate surface area is 248 Å². The number of hydrogen-bond acceptors (Lipinski definition) is 6. The fourth-order valence-electron chi connectivity index (χ4n) is 4.76. The van der Waals surface area contributed by atoms with E-state index in [0.717, 1.165) is 55.6 Å². The van der Waals surface area contributed by atoms with Crippen LogP contribution in [0.3, 0.4) is 0 Å². The van der Waals surface area contributed by atoms with Gasteiger partial charge < -0.3 is 19.8 Å². The molecular weight excluding hydrogens is 545 g/mol. The number of aryl methyl sites for hydroxylation is 1. The summed E-state index contributed by atoms with van der Waals surface area (Å²) in [5, 5.41) is 18.5. The Kier molecular flexibility index (Phi) is 11.0. The number of anilines is 1. The number of nitrogens with zero attached hydrogens (tertiary/aromatic N) is 3. The first kappa shape index (κ1) is 32.5. The number of allylic oxidation sites excluding steroid dienone is 3. The quantitative estimate of drug-likeness (QED) is 0.330. The molecule has 0 bridgehead atoms. The van der Waals surface area contributed by atoms with E-state index in [9.17, 15) is 14.3 Å². The van der Waals surface area contributed by atoms with Gasteiger partial charge in [0, 0.05) is 54.3 Å². The highest BCUT2D eigenvalue weighted by molar-refractivity contribution is 6.32. The lowest BCUT2D eigenvalue weighted by Gasteiger charge is -2.40. The zero-order valence-corrected chi connectivity index (χ0v) is 25.8. The lowest BCUT2D eigenvalue weighted by atomic mass is 9.82. The fourth-order valence-corrected chi connectivity index (χ4v) is 4.98. The molecule has 4 rings (SSSR count). The molecule has 2 aromatic rings. The van der Waals surface area contributed by atoms with E-state index < -0.39 is 11.6 Å². The molecule has 2 aliphatic rings. The van der Waals surface area contributed by atoms with E-state index >= 15 is 0 Å². The molecule has 0 spiro atoms. The first-order chi connectivity index (χ1) is 19.1. The van der Waals surface area contributed by atoms with E-state index in [4.69, 9.17) is 21.4 Å². The van der Waals surface area contributed by atoms with Crippen molar-refractivity contribution in [2.45, 2.75) is 85.7 Å². The topological polar surface area (TPSA) is 95.8 Å². The second-order valence-corrected chi connectivity index (χ2v) is 12.9. The molecule has 3 heterocycles. The molecule has 2 aromatic heterocycles. The number of piperidine rings is 1. The van der Waals surface area contributed by atoms with Crippen LogP contribution in [0.2, 0.25) is 5.02 Å². The van der Waals surface area contributed by atoms with E-state index in [0.29, 0.717) is 28.3 Å². The summed E-state index contributed by atoms with van der Waals surface area (Å²) in [6, 6.07) is 1.78. The molecule has 7 nitrogen and oxygen atoms in total. The van der Waals surface area contributed by atoms with Crippen LogP contribution in [0.1, 0.15) is 78.0 Å². The molecule has 0 atom stereocenters. The maximum absolute atomic E-state index is 13.9. The average molecular weight is 588 g/mol. The number of ether oxygens (including phenoxy) is 1. The minimum Gasteiger partial charge on any atom is -0.481 e. The number of aromatic nitrogens is 2. The van der Waals surface area contributed by atoms with Gasteiger partial charge in [-0.25, -0.2) is 9.37 Å². The Morgan fingerprint density at radius 2 is 1.78 bits per heavy atom. The van der Waals surface area contributed by atoms with E-state index in [2.05, 4.69) is 28.7 Å². The number of carboxylic acids is 1. The first-order valence-electron chi connectivity index (χ1n) is 14.2. The van der Waals surface area contributed by atoms with Gasteiger partial charge in [0.15, 0.2) is 0 Å². The molecule has 9 heteroatoms. The number of pyridine rings is 2. The predicted molar refractivity (Wildman–Crippen MR) is 162 cm³/mol. The highest BCUT2D eigenvalue weighted by Crippen LogP contribution is 2.41. The second-order valence-electron chi connectivity index (χ2n) is 12.4. The number of aliphatic hydroxyl groups is 1. The van der Waals surface area contributed by atoms with Crippen molar-refractivity contribution in [2.75, 3.05) is 24.6 Å². The zero-order valence-electron chi connectivity index (χ0n) is 25.1. The van der Waals surface area contributed by atoms with Crippen LogP contribution >= 0.6 is 11.6 Å². The Bertz CT molecular complexity index is 1280. The minimum absolute atomic E-state index is 0.106. The largest absolute Gasteiger partial charge is 0.481 e. The summed E-state index contributed by atoms with van der Waals surface area (Å²) < 4.78 is 19.7. The van der Waals surface area contributed by atoms with Gasteiger partial charge in [-0.2, -0.15) is 0 Å². The van der Waals surface area contributed by atoms with Gasteiger partial charge in [-0.05, 0) is 76.5 Å². The van der Waals surface area contributed by atoms with Gasteiger partial charge in [-0.1, -0.05) is 31.5 Å². The average Bonchev–Trinajstić information content (AvgIpc) is 2.86. The van der Waals surface area contributed by atoms with E-state index in [-0.39, 0.29) is 30.1 Å². The van der Waals surface area contributed by atoms with Gasteiger partial charge >= 0.3 is 5.97 Å². The SMILES string of the molecule is CC(C)(C)O.Cc1ncc(-c2cnc(OCCC3=CCCC=C3F)c(Cl)c2)c(N2CCC(C)(C)CC2)c1CC(=O)O. The fraction of sp³-hybridized carbons (Fsp3) is 0.531. The van der Waals surface area contributed by atoms with Crippen molar-refractivity contribution in [2.24, 2.45) is 5.41 Å². The van der Waals surface area contributed by atoms with Gasteiger partial charge in [-0.15, -0.1) is 0 Å². The summed E-state index contributed by atoms with van der Waals surface area (Å²) in [5.74, 6) is -0.792. The third-order valence-corrected chi connectivity index (χ3v) is 7.31. The molecule has 0 radical (unpaired) electrons. The van der Waals surface area contributed by atoms with Crippen molar-refractivity contribution in [3.05, 3.63) is 58.3 Å². The van der Waals surface area contributed by atoms with Crippen molar-refractivity contribution in [1.29, 1.82) is 0 Å². The maximum Gasteiger partial charge on any atom is 0.307 e. The summed E-state index contributed by atoms with van der Waals surface area (Å²) >= 11 is 6.54. The van der Waals surface area contributed by atoms with Crippen LogP contribution in [0.5, 0.6) is 5.88 Å². The number of aliphatic carboxylic acids is 1. The number of rotatable bonds is 8. The lowest BCUT2D eigenvalue weighted by molar-refractivity contribution is -0.136. The van der Waals surface area contributed by atoms with E-state index in [1.807, 2.05) is 13.0 Å². The molecule has 0 saturated carbocycles. The van der Waals surface area contributed by atoms with Gasteiger partial charge in [0.2, 0.25) is 5.88 Å². The molecule has 41 heavy (non-hydrogen) atoms. The highest BCUT2D eigenvalue weighted by Gasteiger charge is 2.29. The number of hydrogen-bond donors (Lipinski definition) is 2. The summed E-state index contributed by atoms with van der Waals surface area (Å²) in [6.45, 7) is 13.5. The van der Waals surface area contributed by atoms with Crippen LogP contribution in [0, 0.1) is 12.3 Å². The normalized spacial score (nSPS) is 16.8. The van der Waals surface area contributed by atoms with E-state index in [1.165, 1.54) is 0 Å². The van der Waals surface area contributed by atoms with Crippen LogP contribution in [0.4, 0.5) is 10.1 Å². The standard InChI is InChI=1S/C28H33ClFN3O3.C4H10O/c1-18-21(15-25(34)35)26(33-11-9-28(2,3)10-12-33)22(17-31-18)20-14-23(29)27(32-16-20)36-13-8-19-6-4-5-7-24(19)30;1-4(2,3)5/h6-7,14,16-17H,4-5,8-13,15H2,1-3H3,(H,34,35);5H,1-3H3. The summed E-state index contributed by atoms with van der Waals surface area (Å²) in [7, 11) is 0. The molecule has 0 unspecified atom stereocenters. The predicted octanol–water partition coefficient (Wildman–Crippen LogP) is 7.48. The number of carbonyl (C=O) groups is 1. The monoisotopic (exact) mass is 587 g/mol. The van der Waals surface area contributed by atoms with Crippen LogP contribution in [0.15, 0.2) is 42.0 Å². The highest BCUT2D eigenvalue weighted by atomic mass is 35.5. The molecule has 1 aliphatic carbocycles. The molecular formula is C32H43ClFN3O4. The van der Waals surface area contributed by atoms with Crippen molar-refractivity contribution in [3.63, 3.8) is 0 Å². The number of halogens is 2. The Morgan fingerprint density at radius 1 is 1.15 bits per heavy atom. The van der Waals surface area contributed by atoms with Crippen molar-refractivity contribution in [1.82, 2.24) is 9.97 Å². The number of carboxylic acid groups (broad SMARTS) is 1. The molecule has 2 N–H and O–H groups in total. The third-order valence-electron chi connectivity index (χ3n) is 7.04. The summed E-state index contributed by atoms with van der Waals surface area (Å²) in [5.41, 5.74) is 4.26. The molecule has 224 valence electrons. The van der Waals surface area contributed by atoms with Crippen LogP contribution < -0.4 is 9.64 Å². The molecule has 1 aliphatic heterocycles. The van der Waals surface area contributed by atoms with Crippen molar-refractivity contribution < 1.29 is 24.1 Å². The Balaban J connectivity index is 0.000000850. The molecule has 0 amide bonds. The Morgan fingerprint density at radius 3 is 2.37 bits per heavy atom. The van der Waals surface area contributed by atoms with Gasteiger partial charge in [0.05, 0.1) is 24.3 Å². The van der Waals surface area contributed by atoms with Gasteiger partial charge in [0.25, 0.3) is 0 Å². The minimum atomic E-state index is -0.894. The third kappa shape index (κ3) is 9.82. The van der Waals surface area contributed by atoms with Crippen LogP contribution in [-0.4, -0.2) is 51.4 Å². The summed E-state index contributed by atoms with van der Waals surface area (Å²) in [6.07, 6.45) is 10.9. The smallest absolute Gasteiger partial charge is 0.307 e. The Hall–Kier alpha value is -2.97.